The summed E-state index contributed by atoms with van der Waals surface area (Å²) in [6.45, 7) is 4.02. The molecule has 1 aromatic rings. The number of ether oxygens (including phenoxy) is 1. The molecule has 2 rings (SSSR count). The first-order valence-electron chi connectivity index (χ1n) is 6.15. The van der Waals surface area contributed by atoms with E-state index < -0.39 is 0 Å². The molecule has 1 fully saturated rings. The molecular formula is C14H18FNO2. The number of hydrogen-bond donors (Lipinski definition) is 0. The zero-order valence-corrected chi connectivity index (χ0v) is 10.7. The number of benzene rings is 1. The van der Waals surface area contributed by atoms with E-state index in [-0.39, 0.29) is 23.6 Å². The van der Waals surface area contributed by atoms with Gasteiger partial charge in [0.2, 0.25) is 0 Å². The maximum Gasteiger partial charge on any atom is 0.310 e. The lowest BCUT2D eigenvalue weighted by Crippen LogP contribution is -2.24. The molecule has 1 aliphatic rings. The molecule has 0 bridgehead atoms. The van der Waals surface area contributed by atoms with Crippen LogP contribution in [0.4, 0.5) is 4.39 Å². The van der Waals surface area contributed by atoms with Crippen LogP contribution in [0.15, 0.2) is 24.3 Å². The van der Waals surface area contributed by atoms with Gasteiger partial charge in [0.05, 0.1) is 13.0 Å². The van der Waals surface area contributed by atoms with Gasteiger partial charge >= 0.3 is 5.97 Å². The molecule has 0 aromatic heterocycles. The van der Waals surface area contributed by atoms with Crippen LogP contribution in [0.5, 0.6) is 0 Å². The Bertz CT molecular complexity index is 436. The molecule has 4 heteroatoms. The molecule has 1 aliphatic heterocycles. The minimum absolute atomic E-state index is 0.0956. The van der Waals surface area contributed by atoms with Crippen LogP contribution in [0.25, 0.3) is 0 Å². The summed E-state index contributed by atoms with van der Waals surface area (Å²) in [6.07, 6.45) is 0. The highest BCUT2D eigenvalue weighted by atomic mass is 19.1. The highest BCUT2D eigenvalue weighted by Crippen LogP contribution is 2.25. The van der Waals surface area contributed by atoms with Crippen molar-refractivity contribution in [2.75, 3.05) is 20.2 Å². The highest BCUT2D eigenvalue weighted by Gasteiger charge is 2.35. The summed E-state index contributed by atoms with van der Waals surface area (Å²) in [5.41, 5.74) is 0.676. The first kappa shape index (κ1) is 13.0. The second kappa shape index (κ2) is 5.48. The number of halogens is 1. The lowest BCUT2D eigenvalue weighted by molar-refractivity contribution is -0.146. The van der Waals surface area contributed by atoms with E-state index in [0.717, 1.165) is 6.54 Å². The molecular weight excluding hydrogens is 233 g/mol. The maximum absolute atomic E-state index is 13.5. The normalized spacial score (nSPS) is 24.2. The van der Waals surface area contributed by atoms with Crippen LogP contribution in [0.1, 0.15) is 12.5 Å². The van der Waals surface area contributed by atoms with Crippen LogP contribution in [-0.4, -0.2) is 31.1 Å². The molecule has 0 radical (unpaired) electrons. The van der Waals surface area contributed by atoms with E-state index >= 15 is 0 Å². The molecule has 0 aliphatic carbocycles. The van der Waals surface area contributed by atoms with Gasteiger partial charge in [-0.3, -0.25) is 9.69 Å². The van der Waals surface area contributed by atoms with Crippen LogP contribution in [0, 0.1) is 17.7 Å². The summed E-state index contributed by atoms with van der Waals surface area (Å²) in [5.74, 6) is -0.198. The quantitative estimate of drug-likeness (QED) is 0.770. The van der Waals surface area contributed by atoms with Crippen molar-refractivity contribution in [2.24, 2.45) is 11.8 Å². The van der Waals surface area contributed by atoms with Gasteiger partial charge in [-0.25, -0.2) is 4.39 Å². The van der Waals surface area contributed by atoms with Gasteiger partial charge in [0.1, 0.15) is 5.82 Å². The minimum Gasteiger partial charge on any atom is -0.469 e. The van der Waals surface area contributed by atoms with E-state index in [4.69, 9.17) is 4.74 Å². The Hall–Kier alpha value is -1.42. The van der Waals surface area contributed by atoms with Gasteiger partial charge in [0.25, 0.3) is 0 Å². The third-order valence-corrected chi connectivity index (χ3v) is 3.54. The number of rotatable bonds is 3. The van der Waals surface area contributed by atoms with Crippen molar-refractivity contribution < 1.29 is 13.9 Å². The molecule has 3 nitrogen and oxygen atoms in total. The third-order valence-electron chi connectivity index (χ3n) is 3.54. The Labute approximate surface area is 107 Å². The zero-order chi connectivity index (χ0) is 13.1. The fourth-order valence-corrected chi connectivity index (χ4v) is 2.52. The van der Waals surface area contributed by atoms with E-state index in [9.17, 15) is 9.18 Å². The first-order valence-corrected chi connectivity index (χ1v) is 6.15. The Kier molecular flexibility index (Phi) is 3.97. The van der Waals surface area contributed by atoms with Crippen LogP contribution in [0.3, 0.4) is 0 Å². The lowest BCUT2D eigenvalue weighted by atomic mass is 9.99. The molecule has 2 unspecified atom stereocenters. The number of carbonyl (C=O) groups excluding carboxylic acids is 1. The van der Waals surface area contributed by atoms with Gasteiger partial charge in [0.15, 0.2) is 0 Å². The van der Waals surface area contributed by atoms with E-state index in [0.29, 0.717) is 18.7 Å². The smallest absolute Gasteiger partial charge is 0.310 e. The van der Waals surface area contributed by atoms with Gasteiger partial charge in [-0.1, -0.05) is 25.1 Å². The topological polar surface area (TPSA) is 29.5 Å². The molecule has 0 N–H and O–H groups in total. The second-order valence-electron chi connectivity index (χ2n) is 4.89. The lowest BCUT2D eigenvalue weighted by Gasteiger charge is -2.15. The SMILES string of the molecule is COC(=O)C1CN(Cc2ccccc2F)CC1C. The predicted molar refractivity (Wildman–Crippen MR) is 66.3 cm³/mol. The molecule has 2 atom stereocenters. The van der Waals surface area contributed by atoms with E-state index in [1.54, 1.807) is 12.1 Å². The molecule has 1 aromatic carbocycles. The standard InChI is InChI=1S/C14H18FNO2/c1-10-7-16(9-12(10)14(17)18-2)8-11-5-3-4-6-13(11)15/h3-6,10,12H,7-9H2,1-2H3. The largest absolute Gasteiger partial charge is 0.469 e. The Balaban J connectivity index is 2.01. The van der Waals surface area contributed by atoms with Crippen LogP contribution >= 0.6 is 0 Å². The number of hydrogen-bond acceptors (Lipinski definition) is 3. The average molecular weight is 251 g/mol. The molecule has 1 heterocycles. The van der Waals surface area contributed by atoms with E-state index in [2.05, 4.69) is 4.90 Å². The van der Waals surface area contributed by atoms with Gasteiger partial charge < -0.3 is 4.74 Å². The molecule has 0 spiro atoms. The summed E-state index contributed by atoms with van der Waals surface area (Å²) in [7, 11) is 1.41. The van der Waals surface area contributed by atoms with Crippen molar-refractivity contribution in [3.63, 3.8) is 0 Å². The highest BCUT2D eigenvalue weighted by molar-refractivity contribution is 5.73. The second-order valence-corrected chi connectivity index (χ2v) is 4.89. The van der Waals surface area contributed by atoms with Crippen molar-refractivity contribution in [1.29, 1.82) is 0 Å². The van der Waals surface area contributed by atoms with Crippen molar-refractivity contribution >= 4 is 5.97 Å². The number of likely N-dealkylation sites (tertiary alicyclic amines) is 1. The summed E-state index contributed by atoms with van der Waals surface area (Å²) in [5, 5.41) is 0. The van der Waals surface area contributed by atoms with Crippen molar-refractivity contribution in [3.05, 3.63) is 35.6 Å². The number of esters is 1. The summed E-state index contributed by atoms with van der Waals surface area (Å²) in [6, 6.07) is 6.76. The van der Waals surface area contributed by atoms with E-state index in [1.807, 2.05) is 13.0 Å². The number of nitrogens with zero attached hydrogens (tertiary/aromatic N) is 1. The third kappa shape index (κ3) is 2.70. The van der Waals surface area contributed by atoms with Crippen LogP contribution in [0.2, 0.25) is 0 Å². The number of carbonyl (C=O) groups is 1. The van der Waals surface area contributed by atoms with Gasteiger partial charge in [0, 0.05) is 25.2 Å². The van der Waals surface area contributed by atoms with Crippen LogP contribution < -0.4 is 0 Å². The fraction of sp³-hybridized carbons (Fsp3) is 0.500. The van der Waals surface area contributed by atoms with Gasteiger partial charge in [-0.05, 0) is 12.0 Å². The van der Waals surface area contributed by atoms with Crippen molar-refractivity contribution in [3.8, 4) is 0 Å². The molecule has 0 amide bonds. The molecule has 0 saturated carbocycles. The minimum atomic E-state index is -0.188. The van der Waals surface area contributed by atoms with Crippen molar-refractivity contribution in [1.82, 2.24) is 4.90 Å². The first-order chi connectivity index (χ1) is 8.61. The van der Waals surface area contributed by atoms with Crippen LogP contribution in [-0.2, 0) is 16.1 Å². The molecule has 98 valence electrons. The van der Waals surface area contributed by atoms with E-state index in [1.165, 1.54) is 13.2 Å². The number of methoxy groups -OCH3 is 1. The monoisotopic (exact) mass is 251 g/mol. The summed E-state index contributed by atoms with van der Waals surface area (Å²) < 4.78 is 18.3. The maximum atomic E-state index is 13.5. The Morgan fingerprint density at radius 3 is 2.83 bits per heavy atom. The fourth-order valence-electron chi connectivity index (χ4n) is 2.52. The Morgan fingerprint density at radius 1 is 1.44 bits per heavy atom. The molecule has 18 heavy (non-hydrogen) atoms. The summed E-state index contributed by atoms with van der Waals surface area (Å²) >= 11 is 0. The Morgan fingerprint density at radius 2 is 2.17 bits per heavy atom. The molecule has 1 saturated heterocycles. The van der Waals surface area contributed by atoms with Gasteiger partial charge in [-0.15, -0.1) is 0 Å². The zero-order valence-electron chi connectivity index (χ0n) is 10.7. The average Bonchev–Trinajstić information content (AvgIpc) is 2.72. The predicted octanol–water partition coefficient (Wildman–Crippen LogP) is 2.07. The summed E-state index contributed by atoms with van der Waals surface area (Å²) in [4.78, 5) is 13.7. The van der Waals surface area contributed by atoms with Crippen molar-refractivity contribution in [2.45, 2.75) is 13.5 Å². The van der Waals surface area contributed by atoms with Gasteiger partial charge in [-0.2, -0.15) is 0 Å².